The summed E-state index contributed by atoms with van der Waals surface area (Å²) in [5.41, 5.74) is 7.10. The van der Waals surface area contributed by atoms with Crippen molar-refractivity contribution < 1.29 is 0 Å². The lowest BCUT2D eigenvalue weighted by atomic mass is 10.3. The molecule has 2 heterocycles. The fourth-order valence-corrected chi connectivity index (χ4v) is 1.42. The van der Waals surface area contributed by atoms with E-state index < -0.39 is 0 Å². The summed E-state index contributed by atoms with van der Waals surface area (Å²) in [5, 5.41) is 10.8. The van der Waals surface area contributed by atoms with Crippen LogP contribution in [-0.4, -0.2) is 25.2 Å². The van der Waals surface area contributed by atoms with Crippen molar-refractivity contribution in [2.45, 2.75) is 6.54 Å². The van der Waals surface area contributed by atoms with Crippen molar-refractivity contribution in [3.05, 3.63) is 42.1 Å². The lowest BCUT2D eigenvalue weighted by Crippen LogP contribution is -2.15. The predicted octanol–water partition coefficient (Wildman–Crippen LogP) is 0.513. The molecule has 7 heteroatoms. The average Bonchev–Trinajstić information content (AvgIpc) is 2.38. The standard InChI is InChI=1S/C10H10N6S/c11-9(17)8-2-4-15-16-10(8)13-5-7-1-3-12-6-14-7/h1-4,6H,5H2,(H2,11,17)(H,13,16). The monoisotopic (exact) mass is 246 g/mol. The minimum atomic E-state index is 0.282. The SMILES string of the molecule is NC(=S)c1ccnnc1NCc1ccncn1. The molecule has 86 valence electrons. The molecule has 0 aliphatic rings. The summed E-state index contributed by atoms with van der Waals surface area (Å²) in [4.78, 5) is 8.20. The van der Waals surface area contributed by atoms with Gasteiger partial charge >= 0.3 is 0 Å². The molecule has 0 aliphatic heterocycles. The van der Waals surface area contributed by atoms with E-state index in [0.29, 0.717) is 17.9 Å². The van der Waals surface area contributed by atoms with Gasteiger partial charge in [-0.15, -0.1) is 5.10 Å². The molecule has 0 fully saturated rings. The van der Waals surface area contributed by atoms with Gasteiger partial charge in [0, 0.05) is 6.20 Å². The number of aromatic nitrogens is 4. The van der Waals surface area contributed by atoms with Gasteiger partial charge < -0.3 is 11.1 Å². The van der Waals surface area contributed by atoms with Crippen LogP contribution in [0.3, 0.4) is 0 Å². The van der Waals surface area contributed by atoms with Crippen molar-refractivity contribution in [1.82, 2.24) is 20.2 Å². The molecular formula is C10H10N6S. The number of rotatable bonds is 4. The van der Waals surface area contributed by atoms with Crippen molar-refractivity contribution in [1.29, 1.82) is 0 Å². The third kappa shape index (κ3) is 2.91. The second-order valence-electron chi connectivity index (χ2n) is 3.21. The van der Waals surface area contributed by atoms with Crippen molar-refractivity contribution in [3.8, 4) is 0 Å². The number of thiocarbonyl (C=S) groups is 1. The number of nitrogens with zero attached hydrogens (tertiary/aromatic N) is 4. The fraction of sp³-hybridized carbons (Fsp3) is 0.100. The zero-order valence-corrected chi connectivity index (χ0v) is 9.68. The lowest BCUT2D eigenvalue weighted by Gasteiger charge is -2.07. The molecule has 2 rings (SSSR count). The molecule has 0 atom stereocenters. The van der Waals surface area contributed by atoms with E-state index in [0.717, 1.165) is 5.69 Å². The Hall–Kier alpha value is -2.15. The molecule has 17 heavy (non-hydrogen) atoms. The molecule has 0 saturated heterocycles. The highest BCUT2D eigenvalue weighted by molar-refractivity contribution is 7.80. The molecule has 0 bridgehead atoms. The summed E-state index contributed by atoms with van der Waals surface area (Å²) in [7, 11) is 0. The smallest absolute Gasteiger partial charge is 0.159 e. The van der Waals surface area contributed by atoms with Crippen LogP contribution in [-0.2, 0) is 6.54 Å². The van der Waals surface area contributed by atoms with Crippen LogP contribution in [0.1, 0.15) is 11.3 Å². The maximum Gasteiger partial charge on any atom is 0.159 e. The summed E-state index contributed by atoms with van der Waals surface area (Å²) < 4.78 is 0. The van der Waals surface area contributed by atoms with Crippen LogP contribution in [0.2, 0.25) is 0 Å². The first kappa shape index (κ1) is 11.3. The Kier molecular flexibility index (Phi) is 3.51. The van der Waals surface area contributed by atoms with Crippen molar-refractivity contribution in [2.75, 3.05) is 5.32 Å². The third-order valence-electron chi connectivity index (χ3n) is 2.07. The molecular weight excluding hydrogens is 236 g/mol. The first-order chi connectivity index (χ1) is 8.27. The highest BCUT2D eigenvalue weighted by Crippen LogP contribution is 2.10. The Labute approximate surface area is 103 Å². The van der Waals surface area contributed by atoms with E-state index in [9.17, 15) is 0 Å². The van der Waals surface area contributed by atoms with E-state index in [1.807, 2.05) is 6.07 Å². The summed E-state index contributed by atoms with van der Waals surface area (Å²) >= 11 is 4.92. The van der Waals surface area contributed by atoms with E-state index in [-0.39, 0.29) is 4.99 Å². The summed E-state index contributed by atoms with van der Waals surface area (Å²) in [6.45, 7) is 0.511. The van der Waals surface area contributed by atoms with Crippen LogP contribution in [0.25, 0.3) is 0 Å². The van der Waals surface area contributed by atoms with Crippen molar-refractivity contribution >= 4 is 23.0 Å². The lowest BCUT2D eigenvalue weighted by molar-refractivity contribution is 0.962. The Morgan fingerprint density at radius 2 is 2.24 bits per heavy atom. The van der Waals surface area contributed by atoms with Crippen LogP contribution in [0.4, 0.5) is 5.82 Å². The zero-order valence-electron chi connectivity index (χ0n) is 8.87. The highest BCUT2D eigenvalue weighted by atomic mass is 32.1. The maximum absolute atomic E-state index is 5.58. The molecule has 0 radical (unpaired) electrons. The predicted molar refractivity (Wildman–Crippen MR) is 67.3 cm³/mol. The molecule has 0 spiro atoms. The number of hydrogen-bond donors (Lipinski definition) is 2. The van der Waals surface area contributed by atoms with E-state index in [2.05, 4.69) is 25.5 Å². The van der Waals surface area contributed by atoms with E-state index >= 15 is 0 Å². The Balaban J connectivity index is 2.12. The second kappa shape index (κ2) is 5.26. The quantitative estimate of drug-likeness (QED) is 0.760. The van der Waals surface area contributed by atoms with Crippen LogP contribution < -0.4 is 11.1 Å². The summed E-state index contributed by atoms with van der Waals surface area (Å²) in [5.74, 6) is 0.554. The fourth-order valence-electron chi connectivity index (χ4n) is 1.26. The van der Waals surface area contributed by atoms with E-state index in [1.165, 1.54) is 6.33 Å². The second-order valence-corrected chi connectivity index (χ2v) is 3.65. The molecule has 2 aromatic heterocycles. The zero-order chi connectivity index (χ0) is 12.1. The van der Waals surface area contributed by atoms with Crippen LogP contribution in [0.15, 0.2) is 30.9 Å². The van der Waals surface area contributed by atoms with Gasteiger partial charge in [-0.2, -0.15) is 5.10 Å². The first-order valence-electron chi connectivity index (χ1n) is 4.87. The number of anilines is 1. The topological polar surface area (TPSA) is 89.6 Å². The Morgan fingerprint density at radius 3 is 2.94 bits per heavy atom. The summed E-state index contributed by atoms with van der Waals surface area (Å²) in [6.07, 6.45) is 4.71. The largest absolute Gasteiger partial charge is 0.389 e. The number of nitrogens with two attached hydrogens (primary N) is 1. The van der Waals surface area contributed by atoms with Gasteiger partial charge in [-0.1, -0.05) is 12.2 Å². The van der Waals surface area contributed by atoms with Gasteiger partial charge in [-0.3, -0.25) is 0 Å². The van der Waals surface area contributed by atoms with Crippen LogP contribution in [0, 0.1) is 0 Å². The first-order valence-corrected chi connectivity index (χ1v) is 5.28. The normalized spacial score (nSPS) is 9.88. The van der Waals surface area contributed by atoms with Gasteiger partial charge in [0.1, 0.15) is 11.3 Å². The van der Waals surface area contributed by atoms with Gasteiger partial charge in [0.15, 0.2) is 5.82 Å². The maximum atomic E-state index is 5.58. The average molecular weight is 246 g/mol. The molecule has 2 aromatic rings. The highest BCUT2D eigenvalue weighted by Gasteiger charge is 2.06. The number of nitrogens with one attached hydrogen (secondary N) is 1. The minimum Gasteiger partial charge on any atom is -0.389 e. The third-order valence-corrected chi connectivity index (χ3v) is 2.29. The molecule has 0 amide bonds. The van der Waals surface area contributed by atoms with Crippen molar-refractivity contribution in [3.63, 3.8) is 0 Å². The van der Waals surface area contributed by atoms with E-state index in [1.54, 1.807) is 18.5 Å². The van der Waals surface area contributed by atoms with Gasteiger partial charge in [-0.25, -0.2) is 9.97 Å². The van der Waals surface area contributed by atoms with Gasteiger partial charge in [-0.05, 0) is 12.1 Å². The molecule has 0 aliphatic carbocycles. The molecule has 3 N–H and O–H groups in total. The molecule has 0 saturated carbocycles. The minimum absolute atomic E-state index is 0.282. The molecule has 6 nitrogen and oxygen atoms in total. The Morgan fingerprint density at radius 1 is 1.35 bits per heavy atom. The molecule has 0 aromatic carbocycles. The van der Waals surface area contributed by atoms with E-state index in [4.69, 9.17) is 18.0 Å². The van der Waals surface area contributed by atoms with Gasteiger partial charge in [0.2, 0.25) is 0 Å². The van der Waals surface area contributed by atoms with Crippen LogP contribution in [0.5, 0.6) is 0 Å². The van der Waals surface area contributed by atoms with Gasteiger partial charge in [0.05, 0.1) is 24.0 Å². The van der Waals surface area contributed by atoms with Crippen molar-refractivity contribution in [2.24, 2.45) is 5.73 Å². The van der Waals surface area contributed by atoms with Crippen LogP contribution >= 0.6 is 12.2 Å². The van der Waals surface area contributed by atoms with Gasteiger partial charge in [0.25, 0.3) is 0 Å². The number of hydrogen-bond acceptors (Lipinski definition) is 6. The summed E-state index contributed by atoms with van der Waals surface area (Å²) in [6, 6.07) is 3.53. The Bertz CT molecular complexity index is 515. The molecule has 0 unspecified atom stereocenters.